The molecule has 2 heterocycles. The lowest BCUT2D eigenvalue weighted by Gasteiger charge is -2.31. The van der Waals surface area contributed by atoms with Crippen LogP contribution >= 0.6 is 15.9 Å². The van der Waals surface area contributed by atoms with Crippen molar-refractivity contribution in [2.75, 3.05) is 30.0 Å². The van der Waals surface area contributed by atoms with Gasteiger partial charge in [-0.25, -0.2) is 4.39 Å². The van der Waals surface area contributed by atoms with E-state index in [2.05, 4.69) is 33.1 Å². The van der Waals surface area contributed by atoms with Crippen molar-refractivity contribution < 1.29 is 13.9 Å². The number of anilines is 2. The number of rotatable bonds is 2. The van der Waals surface area contributed by atoms with E-state index < -0.39 is 0 Å². The molecule has 2 aliphatic rings. The summed E-state index contributed by atoms with van der Waals surface area (Å²) in [5.74, 6) is -0.571. The third-order valence-corrected chi connectivity index (χ3v) is 4.47. The maximum atomic E-state index is 13.9. The summed E-state index contributed by atoms with van der Waals surface area (Å²) < 4.78 is 19.7. The minimum Gasteiger partial charge on any atom is -0.378 e. The third kappa shape index (κ3) is 2.20. The van der Waals surface area contributed by atoms with Crippen LogP contribution in [0.2, 0.25) is 0 Å². The number of ether oxygens (including phenoxy) is 1. The Morgan fingerprint density at radius 3 is 3.05 bits per heavy atom. The normalized spacial score (nSPS) is 24.9. The fourth-order valence-corrected chi connectivity index (χ4v) is 3.25. The quantitative estimate of drug-likeness (QED) is 0.898. The minimum atomic E-state index is -0.323. The molecular formula is C14H16BrFN2O2. The molecule has 1 amide bonds. The molecule has 3 rings (SSSR count). The maximum absolute atomic E-state index is 13.9. The molecule has 2 atom stereocenters. The highest BCUT2D eigenvalue weighted by Crippen LogP contribution is 2.38. The number of hydrogen-bond acceptors (Lipinski definition) is 3. The second kappa shape index (κ2) is 5.33. The van der Waals surface area contributed by atoms with E-state index in [0.717, 1.165) is 18.7 Å². The van der Waals surface area contributed by atoms with Gasteiger partial charge in [0.15, 0.2) is 0 Å². The molecule has 0 spiro atoms. The molecule has 1 fully saturated rings. The van der Waals surface area contributed by atoms with E-state index in [9.17, 15) is 9.18 Å². The van der Waals surface area contributed by atoms with E-state index >= 15 is 0 Å². The molecular weight excluding hydrogens is 327 g/mol. The van der Waals surface area contributed by atoms with Crippen molar-refractivity contribution in [3.05, 3.63) is 22.4 Å². The van der Waals surface area contributed by atoms with E-state index in [1.807, 2.05) is 0 Å². The average Bonchev–Trinajstić information content (AvgIpc) is 2.86. The number of nitrogens with one attached hydrogen (secondary N) is 1. The second-order valence-electron chi connectivity index (χ2n) is 5.18. The van der Waals surface area contributed by atoms with Gasteiger partial charge in [-0.05, 0) is 28.4 Å². The van der Waals surface area contributed by atoms with E-state index in [1.54, 1.807) is 6.07 Å². The monoisotopic (exact) mass is 342 g/mol. The van der Waals surface area contributed by atoms with Gasteiger partial charge in [0.2, 0.25) is 5.91 Å². The lowest BCUT2D eigenvalue weighted by molar-refractivity contribution is -0.120. The Morgan fingerprint density at radius 2 is 2.30 bits per heavy atom. The Morgan fingerprint density at radius 1 is 1.50 bits per heavy atom. The number of fused-ring (bicyclic) bond motifs is 2. The number of hydrogen-bond donors (Lipinski definition) is 1. The van der Waals surface area contributed by atoms with Gasteiger partial charge in [-0.3, -0.25) is 4.79 Å². The van der Waals surface area contributed by atoms with Crippen LogP contribution in [0.3, 0.4) is 0 Å². The van der Waals surface area contributed by atoms with Crippen LogP contribution in [0.15, 0.2) is 16.6 Å². The van der Waals surface area contributed by atoms with Gasteiger partial charge in [-0.1, -0.05) is 6.92 Å². The van der Waals surface area contributed by atoms with Crippen molar-refractivity contribution in [3.63, 3.8) is 0 Å². The van der Waals surface area contributed by atoms with Gasteiger partial charge in [0, 0.05) is 12.6 Å². The van der Waals surface area contributed by atoms with Crippen molar-refractivity contribution in [1.82, 2.24) is 0 Å². The first-order valence-corrected chi connectivity index (χ1v) is 7.55. The zero-order valence-corrected chi connectivity index (χ0v) is 12.7. The first-order valence-electron chi connectivity index (χ1n) is 6.76. The van der Waals surface area contributed by atoms with E-state index in [4.69, 9.17) is 4.74 Å². The molecule has 1 N–H and O–H groups in total. The van der Waals surface area contributed by atoms with Crippen LogP contribution in [0.25, 0.3) is 0 Å². The average molecular weight is 343 g/mol. The fourth-order valence-electron chi connectivity index (χ4n) is 2.91. The zero-order chi connectivity index (χ0) is 14.3. The van der Waals surface area contributed by atoms with Gasteiger partial charge in [0.05, 0.1) is 41.0 Å². The number of carbonyl (C=O) groups excluding carboxylic acids is 1. The number of nitrogens with zero attached hydrogens (tertiary/aromatic N) is 1. The van der Waals surface area contributed by atoms with Crippen LogP contribution in [0.4, 0.5) is 15.8 Å². The summed E-state index contributed by atoms with van der Waals surface area (Å²) in [6.45, 7) is 3.77. The zero-order valence-electron chi connectivity index (χ0n) is 11.2. The molecule has 1 aromatic carbocycles. The van der Waals surface area contributed by atoms with Crippen molar-refractivity contribution in [2.24, 2.45) is 5.92 Å². The molecule has 1 aromatic rings. The summed E-state index contributed by atoms with van der Waals surface area (Å²) in [6.07, 6.45) is 0.925. The summed E-state index contributed by atoms with van der Waals surface area (Å²) >= 11 is 3.17. The van der Waals surface area contributed by atoms with Gasteiger partial charge in [0.1, 0.15) is 5.82 Å². The van der Waals surface area contributed by atoms with Crippen LogP contribution in [-0.4, -0.2) is 31.7 Å². The minimum absolute atomic E-state index is 0.0169. The predicted molar refractivity (Wildman–Crippen MR) is 78.5 cm³/mol. The summed E-state index contributed by atoms with van der Waals surface area (Å²) in [6, 6.07) is 3.10. The number of halogens is 2. The Bertz CT molecular complexity index is 552. The van der Waals surface area contributed by atoms with Gasteiger partial charge >= 0.3 is 0 Å². The van der Waals surface area contributed by atoms with Crippen molar-refractivity contribution in [1.29, 1.82) is 0 Å². The van der Waals surface area contributed by atoms with Gasteiger partial charge in [-0.2, -0.15) is 0 Å². The lowest BCUT2D eigenvalue weighted by Crippen LogP contribution is -2.43. The van der Waals surface area contributed by atoms with Crippen LogP contribution in [-0.2, 0) is 9.53 Å². The van der Waals surface area contributed by atoms with Crippen LogP contribution in [0.5, 0.6) is 0 Å². The van der Waals surface area contributed by atoms with Crippen molar-refractivity contribution >= 4 is 33.2 Å². The highest BCUT2D eigenvalue weighted by atomic mass is 79.9. The van der Waals surface area contributed by atoms with E-state index in [-0.39, 0.29) is 23.7 Å². The highest BCUT2D eigenvalue weighted by Gasteiger charge is 2.41. The molecule has 20 heavy (non-hydrogen) atoms. The van der Waals surface area contributed by atoms with Gasteiger partial charge in [-0.15, -0.1) is 0 Å². The van der Waals surface area contributed by atoms with E-state index in [0.29, 0.717) is 23.4 Å². The Balaban J connectivity index is 2.11. The summed E-state index contributed by atoms with van der Waals surface area (Å²) in [7, 11) is 0. The summed E-state index contributed by atoms with van der Waals surface area (Å²) in [4.78, 5) is 14.4. The molecule has 0 saturated carbocycles. The maximum Gasteiger partial charge on any atom is 0.232 e. The number of carbonyl (C=O) groups is 1. The smallest absolute Gasteiger partial charge is 0.232 e. The summed E-state index contributed by atoms with van der Waals surface area (Å²) in [5, 5.41) is 2.89. The largest absolute Gasteiger partial charge is 0.378 e. The SMILES string of the molecule is CCCN1c2cc(F)c(Br)cc2NC(=O)C2COCC21. The summed E-state index contributed by atoms with van der Waals surface area (Å²) in [5.41, 5.74) is 1.39. The van der Waals surface area contributed by atoms with Gasteiger partial charge < -0.3 is 15.0 Å². The molecule has 1 saturated heterocycles. The molecule has 6 heteroatoms. The third-order valence-electron chi connectivity index (χ3n) is 3.86. The Kier molecular flexibility index (Phi) is 3.69. The van der Waals surface area contributed by atoms with Crippen LogP contribution in [0, 0.1) is 11.7 Å². The molecule has 0 radical (unpaired) electrons. The second-order valence-corrected chi connectivity index (χ2v) is 6.03. The topological polar surface area (TPSA) is 41.6 Å². The Hall–Kier alpha value is -1.14. The molecule has 4 nitrogen and oxygen atoms in total. The van der Waals surface area contributed by atoms with Crippen LogP contribution in [0.1, 0.15) is 13.3 Å². The number of amides is 1. The molecule has 108 valence electrons. The predicted octanol–water partition coefficient (Wildman–Crippen LogP) is 2.77. The molecule has 0 aliphatic carbocycles. The molecule has 2 aliphatic heterocycles. The van der Waals surface area contributed by atoms with Crippen molar-refractivity contribution in [3.8, 4) is 0 Å². The molecule has 0 bridgehead atoms. The Labute approximate surface area is 125 Å². The van der Waals surface area contributed by atoms with Crippen molar-refractivity contribution in [2.45, 2.75) is 19.4 Å². The molecule has 0 aromatic heterocycles. The van der Waals surface area contributed by atoms with E-state index in [1.165, 1.54) is 6.07 Å². The highest BCUT2D eigenvalue weighted by molar-refractivity contribution is 9.10. The number of benzene rings is 1. The first-order chi connectivity index (χ1) is 9.61. The van der Waals surface area contributed by atoms with Gasteiger partial charge in [0.25, 0.3) is 0 Å². The standard InChI is InChI=1S/C14H16BrFN2O2/c1-2-3-18-12-5-10(16)9(15)4-11(12)17-14(19)8-6-20-7-13(8)18/h4-5,8,13H,2-3,6-7H2,1H3,(H,17,19). The fraction of sp³-hybridized carbons (Fsp3) is 0.500. The van der Waals surface area contributed by atoms with Crippen LogP contribution < -0.4 is 10.2 Å². The molecule has 2 unspecified atom stereocenters. The lowest BCUT2D eigenvalue weighted by atomic mass is 10.0. The first kappa shape index (κ1) is 13.8.